The molecular formula is C5BrCl5. The smallest absolute Gasteiger partial charge is 0.0940 e. The van der Waals surface area contributed by atoms with E-state index in [-0.39, 0.29) is 20.1 Å². The summed E-state index contributed by atoms with van der Waals surface area (Å²) in [5.74, 6) is 0. The highest BCUT2D eigenvalue weighted by atomic mass is 79.9. The molecule has 1 aliphatic rings. The van der Waals surface area contributed by atoms with E-state index < -0.39 is 3.78 Å². The average Bonchev–Trinajstić information content (AvgIpc) is 2.06. The summed E-state index contributed by atoms with van der Waals surface area (Å²) in [5.41, 5.74) is 0. The molecule has 62 valence electrons. The SMILES string of the molecule is ClC1=C(Cl)C(Cl)(Br)C(Cl)=C1Cl. The lowest BCUT2D eigenvalue weighted by molar-refractivity contribution is 1.29. The van der Waals surface area contributed by atoms with Crippen molar-refractivity contribution in [1.29, 1.82) is 0 Å². The van der Waals surface area contributed by atoms with E-state index in [1.165, 1.54) is 0 Å². The standard InChI is InChI=1S/C5BrCl5/c6-5(11)3(9)1(7)2(8)4(5)10. The van der Waals surface area contributed by atoms with Crippen LogP contribution in [-0.4, -0.2) is 3.78 Å². The van der Waals surface area contributed by atoms with Crippen LogP contribution < -0.4 is 0 Å². The minimum absolute atomic E-state index is 0.185. The van der Waals surface area contributed by atoms with Crippen LogP contribution in [0.1, 0.15) is 0 Å². The number of alkyl halides is 2. The highest BCUT2D eigenvalue weighted by Crippen LogP contribution is 2.54. The topological polar surface area (TPSA) is 0 Å². The van der Waals surface area contributed by atoms with Crippen LogP contribution in [0.25, 0.3) is 0 Å². The van der Waals surface area contributed by atoms with Gasteiger partial charge in [-0.2, -0.15) is 0 Å². The molecule has 6 heteroatoms. The largest absolute Gasteiger partial charge is 0.173 e. The van der Waals surface area contributed by atoms with Gasteiger partial charge in [-0.05, 0) is 0 Å². The first-order chi connectivity index (χ1) is 4.89. The van der Waals surface area contributed by atoms with Crippen molar-refractivity contribution in [3.63, 3.8) is 0 Å². The zero-order valence-electron chi connectivity index (χ0n) is 4.77. The van der Waals surface area contributed by atoms with E-state index in [9.17, 15) is 0 Å². The fraction of sp³-hybridized carbons (Fsp3) is 0.200. The number of rotatable bonds is 0. The van der Waals surface area contributed by atoms with Crippen LogP contribution in [0.3, 0.4) is 0 Å². The van der Waals surface area contributed by atoms with Gasteiger partial charge in [0.1, 0.15) is 0 Å². The van der Waals surface area contributed by atoms with Crippen LogP contribution in [0.4, 0.5) is 0 Å². The Bertz CT molecular complexity index is 238. The van der Waals surface area contributed by atoms with Gasteiger partial charge in [-0.1, -0.05) is 73.9 Å². The van der Waals surface area contributed by atoms with Crippen molar-refractivity contribution < 1.29 is 0 Å². The molecule has 0 aromatic rings. The molecule has 0 radical (unpaired) electrons. The third-order valence-corrected chi connectivity index (χ3v) is 4.94. The maximum atomic E-state index is 5.83. The normalized spacial score (nSPS) is 23.5. The first-order valence-corrected chi connectivity index (χ1v) is 5.07. The highest BCUT2D eigenvalue weighted by Gasteiger charge is 2.42. The van der Waals surface area contributed by atoms with Crippen molar-refractivity contribution in [2.24, 2.45) is 0 Å². The summed E-state index contributed by atoms with van der Waals surface area (Å²) in [6.07, 6.45) is 0. The van der Waals surface area contributed by atoms with Gasteiger partial charge in [0, 0.05) is 0 Å². The predicted molar refractivity (Wildman–Crippen MR) is 55.0 cm³/mol. The molecule has 0 aliphatic heterocycles. The van der Waals surface area contributed by atoms with E-state index in [0.29, 0.717) is 0 Å². The zero-order valence-corrected chi connectivity index (χ0v) is 10.1. The van der Waals surface area contributed by atoms with Gasteiger partial charge >= 0.3 is 0 Å². The van der Waals surface area contributed by atoms with Crippen molar-refractivity contribution >= 4 is 73.9 Å². The summed E-state index contributed by atoms with van der Waals surface area (Å²) in [7, 11) is 0. The van der Waals surface area contributed by atoms with Crippen molar-refractivity contribution in [3.8, 4) is 0 Å². The summed E-state index contributed by atoms with van der Waals surface area (Å²) in [5, 5.41) is 0.752. The predicted octanol–water partition coefficient (Wildman–Crippen LogP) is 4.71. The lowest BCUT2D eigenvalue weighted by Gasteiger charge is -2.12. The molecule has 11 heavy (non-hydrogen) atoms. The van der Waals surface area contributed by atoms with Gasteiger partial charge in [0.15, 0.2) is 3.78 Å². The van der Waals surface area contributed by atoms with Crippen LogP contribution >= 0.6 is 73.9 Å². The zero-order chi connectivity index (χ0) is 8.81. The van der Waals surface area contributed by atoms with Crippen LogP contribution in [0.15, 0.2) is 20.1 Å². The third kappa shape index (κ3) is 1.56. The Balaban J connectivity index is 3.27. The Morgan fingerprint density at radius 2 is 1.18 bits per heavy atom. The van der Waals surface area contributed by atoms with Crippen molar-refractivity contribution in [1.82, 2.24) is 0 Å². The molecule has 0 heterocycles. The van der Waals surface area contributed by atoms with Crippen LogP contribution in [0.2, 0.25) is 0 Å². The number of hydrogen-bond acceptors (Lipinski definition) is 0. The monoisotopic (exact) mass is 314 g/mol. The second-order valence-electron chi connectivity index (χ2n) is 1.83. The van der Waals surface area contributed by atoms with Crippen LogP contribution in [0.5, 0.6) is 0 Å². The average molecular weight is 317 g/mol. The second kappa shape index (κ2) is 3.28. The molecule has 0 bridgehead atoms. The first-order valence-electron chi connectivity index (χ1n) is 2.38. The van der Waals surface area contributed by atoms with Crippen molar-refractivity contribution in [3.05, 3.63) is 20.1 Å². The van der Waals surface area contributed by atoms with Gasteiger partial charge in [-0.25, -0.2) is 0 Å². The van der Waals surface area contributed by atoms with Crippen molar-refractivity contribution in [2.75, 3.05) is 0 Å². The summed E-state index contributed by atoms with van der Waals surface area (Å²) < 4.78 is -1.13. The fourth-order valence-corrected chi connectivity index (χ4v) is 2.47. The number of halogens is 6. The molecule has 0 N–H and O–H groups in total. The summed E-state index contributed by atoms with van der Waals surface area (Å²) in [4.78, 5) is 0. The highest BCUT2D eigenvalue weighted by molar-refractivity contribution is 9.10. The third-order valence-electron chi connectivity index (χ3n) is 1.13. The first kappa shape index (κ1) is 10.5. The van der Waals surface area contributed by atoms with E-state index in [0.717, 1.165) is 0 Å². The second-order valence-corrected chi connectivity index (χ2v) is 5.56. The van der Waals surface area contributed by atoms with E-state index >= 15 is 0 Å². The van der Waals surface area contributed by atoms with E-state index in [2.05, 4.69) is 15.9 Å². The molecule has 1 aliphatic carbocycles. The minimum atomic E-state index is -1.13. The summed E-state index contributed by atoms with van der Waals surface area (Å²) >= 11 is 31.6. The molecule has 1 rings (SSSR count). The Hall–Kier alpha value is 1.41. The van der Waals surface area contributed by atoms with Gasteiger partial charge in [-0.15, -0.1) is 0 Å². The minimum Gasteiger partial charge on any atom is -0.0940 e. The Morgan fingerprint density at radius 3 is 1.27 bits per heavy atom. The molecule has 0 aromatic heterocycles. The number of hydrogen-bond donors (Lipinski definition) is 0. The van der Waals surface area contributed by atoms with Crippen LogP contribution in [0, 0.1) is 0 Å². The summed E-state index contributed by atoms with van der Waals surface area (Å²) in [6, 6.07) is 0. The molecule has 0 nitrogen and oxygen atoms in total. The van der Waals surface area contributed by atoms with Gasteiger partial charge in [0.2, 0.25) is 0 Å². The molecular weight excluding hydrogens is 317 g/mol. The van der Waals surface area contributed by atoms with Gasteiger partial charge in [-0.3, -0.25) is 0 Å². The molecule has 0 atom stereocenters. The molecule has 0 saturated carbocycles. The lowest BCUT2D eigenvalue weighted by Crippen LogP contribution is -2.08. The number of allylic oxidation sites excluding steroid dienone is 4. The molecule has 0 amide bonds. The van der Waals surface area contributed by atoms with E-state index in [4.69, 9.17) is 58.0 Å². The lowest BCUT2D eigenvalue weighted by atomic mass is 10.4. The van der Waals surface area contributed by atoms with Gasteiger partial charge in [0.05, 0.1) is 20.1 Å². The van der Waals surface area contributed by atoms with E-state index in [1.807, 2.05) is 0 Å². The molecule has 0 spiro atoms. The Morgan fingerprint density at radius 1 is 0.909 bits per heavy atom. The molecule has 0 unspecified atom stereocenters. The van der Waals surface area contributed by atoms with Gasteiger partial charge in [0.25, 0.3) is 0 Å². The summed E-state index contributed by atoms with van der Waals surface area (Å²) in [6.45, 7) is 0. The molecule has 0 fully saturated rings. The molecule has 0 saturated heterocycles. The van der Waals surface area contributed by atoms with Crippen LogP contribution in [-0.2, 0) is 0 Å². The Kier molecular flexibility index (Phi) is 3.13. The molecule has 0 aromatic carbocycles. The maximum Gasteiger partial charge on any atom is 0.173 e. The van der Waals surface area contributed by atoms with E-state index in [1.54, 1.807) is 0 Å². The van der Waals surface area contributed by atoms with Crippen molar-refractivity contribution in [2.45, 2.75) is 3.78 Å². The fourth-order valence-electron chi connectivity index (χ4n) is 0.565. The Labute approximate surface area is 97.2 Å². The quantitative estimate of drug-likeness (QED) is 0.568. The maximum absolute atomic E-state index is 5.83. The van der Waals surface area contributed by atoms with Gasteiger partial charge < -0.3 is 0 Å².